The van der Waals surface area contributed by atoms with Crippen LogP contribution in [0.5, 0.6) is 5.75 Å². The van der Waals surface area contributed by atoms with E-state index in [4.69, 9.17) is 14.6 Å². The molecule has 1 aromatic rings. The van der Waals surface area contributed by atoms with Crippen LogP contribution in [0.1, 0.15) is 0 Å². The predicted octanol–water partition coefficient (Wildman–Crippen LogP) is 0.285. The molecule has 1 aromatic carbocycles. The maximum atomic E-state index is 11.9. The number of ether oxygens (including phenoxy) is 2. The van der Waals surface area contributed by atoms with E-state index in [0.717, 1.165) is 0 Å². The van der Waals surface area contributed by atoms with Crippen LogP contribution in [0.2, 0.25) is 0 Å². The molecule has 0 bridgehead atoms. The molecule has 1 unspecified atom stereocenters. The van der Waals surface area contributed by atoms with Crippen LogP contribution < -0.4 is 4.74 Å². The Morgan fingerprint density at radius 3 is 2.94 bits per heavy atom. The standard InChI is InChI=1S/C13H17NO4/c15-9-12-8-14(6-7-17-12)13(16)10-18-11-4-2-1-3-5-11/h1-5,12,15H,6-10H2. The van der Waals surface area contributed by atoms with Crippen LogP contribution in [0, 0.1) is 0 Å². The second kappa shape index (κ2) is 6.37. The van der Waals surface area contributed by atoms with Crippen LogP contribution in [0.3, 0.4) is 0 Å². The lowest BCUT2D eigenvalue weighted by atomic mass is 10.3. The smallest absolute Gasteiger partial charge is 0.260 e. The topological polar surface area (TPSA) is 59.0 Å². The molecule has 2 rings (SSSR count). The average Bonchev–Trinajstić information content (AvgIpc) is 2.46. The van der Waals surface area contributed by atoms with Gasteiger partial charge in [0.05, 0.1) is 19.3 Å². The van der Waals surface area contributed by atoms with Crippen molar-refractivity contribution in [3.05, 3.63) is 30.3 Å². The molecule has 1 amide bonds. The molecule has 98 valence electrons. The number of rotatable bonds is 4. The van der Waals surface area contributed by atoms with Crippen molar-refractivity contribution in [3.63, 3.8) is 0 Å². The predicted molar refractivity (Wildman–Crippen MR) is 65.3 cm³/mol. The second-order valence-corrected chi connectivity index (χ2v) is 4.12. The maximum Gasteiger partial charge on any atom is 0.260 e. The van der Waals surface area contributed by atoms with Crippen molar-refractivity contribution >= 4 is 5.91 Å². The van der Waals surface area contributed by atoms with Crippen LogP contribution in [0.25, 0.3) is 0 Å². The molecule has 0 saturated carbocycles. The van der Waals surface area contributed by atoms with Crippen molar-refractivity contribution in [2.24, 2.45) is 0 Å². The number of para-hydroxylation sites is 1. The first-order chi connectivity index (χ1) is 8.79. The van der Waals surface area contributed by atoms with Crippen molar-refractivity contribution in [1.29, 1.82) is 0 Å². The Hall–Kier alpha value is -1.59. The van der Waals surface area contributed by atoms with Crippen molar-refractivity contribution < 1.29 is 19.4 Å². The Bertz CT molecular complexity index is 382. The molecule has 5 heteroatoms. The van der Waals surface area contributed by atoms with Gasteiger partial charge in [0.15, 0.2) is 6.61 Å². The van der Waals surface area contributed by atoms with Gasteiger partial charge in [-0.05, 0) is 12.1 Å². The minimum absolute atomic E-state index is 0.0160. The van der Waals surface area contributed by atoms with Crippen molar-refractivity contribution in [3.8, 4) is 5.75 Å². The summed E-state index contributed by atoms with van der Waals surface area (Å²) < 4.78 is 10.7. The van der Waals surface area contributed by atoms with E-state index in [2.05, 4.69) is 0 Å². The van der Waals surface area contributed by atoms with Crippen LogP contribution in [-0.2, 0) is 9.53 Å². The molecule has 1 aliphatic heterocycles. The van der Waals surface area contributed by atoms with Crippen molar-refractivity contribution in [2.75, 3.05) is 32.9 Å². The third-order valence-corrected chi connectivity index (χ3v) is 2.80. The number of amides is 1. The van der Waals surface area contributed by atoms with Gasteiger partial charge in [0, 0.05) is 13.1 Å². The molecule has 1 N–H and O–H groups in total. The molecule has 1 heterocycles. The number of carbonyl (C=O) groups excluding carboxylic acids is 1. The molecular formula is C13H17NO4. The highest BCUT2D eigenvalue weighted by atomic mass is 16.5. The lowest BCUT2D eigenvalue weighted by molar-refractivity contribution is -0.142. The summed E-state index contributed by atoms with van der Waals surface area (Å²) in [7, 11) is 0. The summed E-state index contributed by atoms with van der Waals surface area (Å²) >= 11 is 0. The van der Waals surface area contributed by atoms with Crippen LogP contribution in [-0.4, -0.2) is 54.9 Å². The summed E-state index contributed by atoms with van der Waals surface area (Å²) in [6.07, 6.45) is -0.278. The summed E-state index contributed by atoms with van der Waals surface area (Å²) in [6.45, 7) is 1.38. The van der Waals surface area contributed by atoms with Gasteiger partial charge in [-0.1, -0.05) is 18.2 Å². The number of morpholine rings is 1. The van der Waals surface area contributed by atoms with Gasteiger partial charge >= 0.3 is 0 Å². The summed E-state index contributed by atoms with van der Waals surface area (Å²) in [5, 5.41) is 9.00. The van der Waals surface area contributed by atoms with Gasteiger partial charge in [0.2, 0.25) is 0 Å². The van der Waals surface area contributed by atoms with Crippen LogP contribution >= 0.6 is 0 Å². The summed E-state index contributed by atoms with van der Waals surface area (Å²) in [5.74, 6) is 0.596. The number of hydrogen-bond donors (Lipinski definition) is 1. The fraction of sp³-hybridized carbons (Fsp3) is 0.462. The van der Waals surface area contributed by atoms with E-state index in [0.29, 0.717) is 25.4 Å². The number of nitrogens with zero attached hydrogens (tertiary/aromatic N) is 1. The number of aliphatic hydroxyl groups is 1. The number of carbonyl (C=O) groups is 1. The maximum absolute atomic E-state index is 11.9. The lowest BCUT2D eigenvalue weighted by Gasteiger charge is -2.31. The molecule has 1 saturated heterocycles. The van der Waals surface area contributed by atoms with E-state index in [9.17, 15) is 4.79 Å². The summed E-state index contributed by atoms with van der Waals surface area (Å²) in [4.78, 5) is 13.6. The zero-order valence-corrected chi connectivity index (χ0v) is 10.1. The normalized spacial score (nSPS) is 19.6. The van der Waals surface area contributed by atoms with E-state index < -0.39 is 0 Å². The minimum atomic E-state index is -0.278. The fourth-order valence-electron chi connectivity index (χ4n) is 1.81. The molecule has 0 aromatic heterocycles. The summed E-state index contributed by atoms with van der Waals surface area (Å²) in [6, 6.07) is 9.22. The highest BCUT2D eigenvalue weighted by Gasteiger charge is 2.23. The van der Waals surface area contributed by atoms with Gasteiger partial charge in [-0.15, -0.1) is 0 Å². The minimum Gasteiger partial charge on any atom is -0.484 e. The molecular weight excluding hydrogens is 234 g/mol. The summed E-state index contributed by atoms with van der Waals surface area (Å²) in [5.41, 5.74) is 0. The molecule has 1 fully saturated rings. The zero-order chi connectivity index (χ0) is 12.8. The third-order valence-electron chi connectivity index (χ3n) is 2.80. The Morgan fingerprint density at radius 2 is 2.22 bits per heavy atom. The second-order valence-electron chi connectivity index (χ2n) is 4.12. The fourth-order valence-corrected chi connectivity index (χ4v) is 1.81. The molecule has 1 aliphatic rings. The number of benzene rings is 1. The Morgan fingerprint density at radius 1 is 1.44 bits per heavy atom. The van der Waals surface area contributed by atoms with Crippen molar-refractivity contribution in [2.45, 2.75) is 6.10 Å². The van der Waals surface area contributed by atoms with Gasteiger partial charge < -0.3 is 19.5 Å². The molecule has 1 atom stereocenters. The van der Waals surface area contributed by atoms with E-state index in [1.807, 2.05) is 30.3 Å². The Balaban J connectivity index is 1.81. The average molecular weight is 251 g/mol. The van der Waals surface area contributed by atoms with E-state index >= 15 is 0 Å². The Kier molecular flexibility index (Phi) is 4.55. The third kappa shape index (κ3) is 3.45. The largest absolute Gasteiger partial charge is 0.484 e. The molecule has 0 radical (unpaired) electrons. The van der Waals surface area contributed by atoms with Gasteiger partial charge in [-0.2, -0.15) is 0 Å². The molecule has 0 spiro atoms. The highest BCUT2D eigenvalue weighted by molar-refractivity contribution is 5.77. The zero-order valence-electron chi connectivity index (χ0n) is 10.1. The van der Waals surface area contributed by atoms with Crippen LogP contribution in [0.15, 0.2) is 30.3 Å². The van der Waals surface area contributed by atoms with E-state index in [1.165, 1.54) is 0 Å². The van der Waals surface area contributed by atoms with Gasteiger partial charge in [0.25, 0.3) is 5.91 Å². The Labute approximate surface area is 106 Å². The number of hydrogen-bond acceptors (Lipinski definition) is 4. The van der Waals surface area contributed by atoms with E-state index in [1.54, 1.807) is 4.90 Å². The van der Waals surface area contributed by atoms with Crippen LogP contribution in [0.4, 0.5) is 0 Å². The van der Waals surface area contributed by atoms with Gasteiger partial charge in [-0.25, -0.2) is 0 Å². The van der Waals surface area contributed by atoms with Crippen molar-refractivity contribution in [1.82, 2.24) is 4.90 Å². The van der Waals surface area contributed by atoms with Gasteiger partial charge in [0.1, 0.15) is 5.75 Å². The molecule has 0 aliphatic carbocycles. The lowest BCUT2D eigenvalue weighted by Crippen LogP contribution is -2.48. The highest BCUT2D eigenvalue weighted by Crippen LogP contribution is 2.09. The quantitative estimate of drug-likeness (QED) is 0.835. The SMILES string of the molecule is O=C(COc1ccccc1)N1CCOC(CO)C1. The first-order valence-electron chi connectivity index (χ1n) is 5.97. The molecule has 5 nitrogen and oxygen atoms in total. The number of aliphatic hydroxyl groups excluding tert-OH is 1. The molecule has 18 heavy (non-hydrogen) atoms. The monoisotopic (exact) mass is 251 g/mol. The first-order valence-corrected chi connectivity index (χ1v) is 5.97. The van der Waals surface area contributed by atoms with E-state index in [-0.39, 0.29) is 25.2 Å². The van der Waals surface area contributed by atoms with Gasteiger partial charge in [-0.3, -0.25) is 4.79 Å². The first kappa shape index (κ1) is 12.9.